The fourth-order valence-electron chi connectivity index (χ4n) is 2.51. The molecule has 6 nitrogen and oxygen atoms in total. The van der Waals surface area contributed by atoms with Gasteiger partial charge < -0.3 is 20.1 Å². The molecule has 0 aliphatic rings. The molecular formula is C23H21FN2O4. The molecule has 2 N–H and O–H groups in total. The second-order valence-corrected chi connectivity index (χ2v) is 6.37. The number of rotatable bonds is 9. The van der Waals surface area contributed by atoms with Crippen LogP contribution in [0.5, 0.6) is 5.75 Å². The van der Waals surface area contributed by atoms with Crippen LogP contribution in [0.4, 0.5) is 15.8 Å². The molecule has 3 aromatic carbocycles. The van der Waals surface area contributed by atoms with Gasteiger partial charge in [0.05, 0.1) is 0 Å². The first-order chi connectivity index (χ1) is 14.6. The highest BCUT2D eigenvalue weighted by atomic mass is 19.1. The summed E-state index contributed by atoms with van der Waals surface area (Å²) in [5.74, 6) is -0.949. The molecule has 0 aromatic heterocycles. The molecular weight excluding hydrogens is 387 g/mol. The Morgan fingerprint density at radius 1 is 0.800 bits per heavy atom. The molecule has 30 heavy (non-hydrogen) atoms. The van der Waals surface area contributed by atoms with Gasteiger partial charge in [0.1, 0.15) is 11.6 Å². The second-order valence-electron chi connectivity index (χ2n) is 6.37. The highest BCUT2D eigenvalue weighted by molar-refractivity contribution is 5.80. The van der Waals surface area contributed by atoms with E-state index in [0.717, 1.165) is 16.9 Å². The standard InChI is InChI=1S/C23H21FN2O4/c24-18-8-6-17(7-9-18)14-25-22(27)15-30-23(28)16-29-21-12-10-20(11-13-21)26-19-4-2-1-3-5-19/h1-13,26H,14-16H2,(H,25,27). The van der Waals surface area contributed by atoms with Crippen molar-refractivity contribution in [2.75, 3.05) is 18.5 Å². The summed E-state index contributed by atoms with van der Waals surface area (Å²) in [5, 5.41) is 5.83. The van der Waals surface area contributed by atoms with Crippen molar-refractivity contribution in [2.24, 2.45) is 0 Å². The van der Waals surface area contributed by atoms with Crippen LogP contribution in [-0.4, -0.2) is 25.1 Å². The van der Waals surface area contributed by atoms with Gasteiger partial charge in [-0.2, -0.15) is 0 Å². The van der Waals surface area contributed by atoms with Crippen molar-refractivity contribution in [3.8, 4) is 5.75 Å². The predicted molar refractivity (Wildman–Crippen MR) is 111 cm³/mol. The molecule has 0 unspecified atom stereocenters. The van der Waals surface area contributed by atoms with Gasteiger partial charge in [-0.25, -0.2) is 9.18 Å². The first kappa shape index (κ1) is 20.9. The van der Waals surface area contributed by atoms with Gasteiger partial charge >= 0.3 is 5.97 Å². The molecule has 0 fully saturated rings. The molecule has 0 spiro atoms. The van der Waals surface area contributed by atoms with E-state index < -0.39 is 18.5 Å². The Morgan fingerprint density at radius 3 is 2.17 bits per heavy atom. The number of amides is 1. The Balaban J connectivity index is 1.34. The SMILES string of the molecule is O=C(COC(=O)COc1ccc(Nc2ccccc2)cc1)NCc1ccc(F)cc1. The number of esters is 1. The fraction of sp³-hybridized carbons (Fsp3) is 0.130. The average Bonchev–Trinajstić information content (AvgIpc) is 2.77. The van der Waals surface area contributed by atoms with Crippen molar-refractivity contribution in [1.82, 2.24) is 5.32 Å². The van der Waals surface area contributed by atoms with Crippen LogP contribution in [0.15, 0.2) is 78.9 Å². The van der Waals surface area contributed by atoms with E-state index in [2.05, 4.69) is 10.6 Å². The lowest BCUT2D eigenvalue weighted by atomic mass is 10.2. The van der Waals surface area contributed by atoms with E-state index >= 15 is 0 Å². The van der Waals surface area contributed by atoms with E-state index in [0.29, 0.717) is 5.75 Å². The van der Waals surface area contributed by atoms with Gasteiger partial charge in [0.25, 0.3) is 5.91 Å². The molecule has 0 aliphatic heterocycles. The third-order valence-corrected chi connectivity index (χ3v) is 4.04. The largest absolute Gasteiger partial charge is 0.482 e. The number of anilines is 2. The fourth-order valence-corrected chi connectivity index (χ4v) is 2.51. The first-order valence-corrected chi connectivity index (χ1v) is 9.30. The zero-order chi connectivity index (χ0) is 21.2. The normalized spacial score (nSPS) is 10.2. The van der Waals surface area contributed by atoms with Crippen molar-refractivity contribution in [3.63, 3.8) is 0 Å². The van der Waals surface area contributed by atoms with Crippen LogP contribution in [0.3, 0.4) is 0 Å². The Bertz CT molecular complexity index is 961. The molecule has 0 heterocycles. The topological polar surface area (TPSA) is 76.7 Å². The van der Waals surface area contributed by atoms with Gasteiger partial charge in [0.2, 0.25) is 0 Å². The number of ether oxygens (including phenoxy) is 2. The average molecular weight is 408 g/mol. The number of carbonyl (C=O) groups is 2. The van der Waals surface area contributed by atoms with Crippen LogP contribution in [0.25, 0.3) is 0 Å². The van der Waals surface area contributed by atoms with Crippen molar-refractivity contribution >= 4 is 23.3 Å². The summed E-state index contributed by atoms with van der Waals surface area (Å²) < 4.78 is 23.1. The van der Waals surface area contributed by atoms with E-state index in [-0.39, 0.29) is 19.0 Å². The van der Waals surface area contributed by atoms with Crippen LogP contribution < -0.4 is 15.4 Å². The number of para-hydroxylation sites is 1. The summed E-state index contributed by atoms with van der Waals surface area (Å²) >= 11 is 0. The molecule has 0 aliphatic carbocycles. The zero-order valence-corrected chi connectivity index (χ0v) is 16.1. The van der Waals surface area contributed by atoms with Crippen LogP contribution in [0, 0.1) is 5.82 Å². The maximum atomic E-state index is 12.8. The summed E-state index contributed by atoms with van der Waals surface area (Å²) in [5.41, 5.74) is 2.59. The number of halogens is 1. The molecule has 3 aromatic rings. The van der Waals surface area contributed by atoms with Crippen LogP contribution in [0.1, 0.15) is 5.56 Å². The minimum atomic E-state index is -0.654. The van der Waals surface area contributed by atoms with Crippen molar-refractivity contribution < 1.29 is 23.5 Å². The van der Waals surface area contributed by atoms with Gasteiger partial charge in [-0.05, 0) is 54.1 Å². The smallest absolute Gasteiger partial charge is 0.344 e. The van der Waals surface area contributed by atoms with Gasteiger partial charge in [-0.15, -0.1) is 0 Å². The zero-order valence-electron chi connectivity index (χ0n) is 16.1. The van der Waals surface area contributed by atoms with Gasteiger partial charge in [-0.3, -0.25) is 4.79 Å². The van der Waals surface area contributed by atoms with E-state index in [1.807, 2.05) is 42.5 Å². The lowest BCUT2D eigenvalue weighted by molar-refractivity contribution is -0.150. The molecule has 0 bridgehead atoms. The number of carbonyl (C=O) groups excluding carboxylic acids is 2. The lowest BCUT2D eigenvalue weighted by Gasteiger charge is -2.09. The lowest BCUT2D eigenvalue weighted by Crippen LogP contribution is -2.29. The van der Waals surface area contributed by atoms with E-state index in [1.54, 1.807) is 24.3 Å². The quantitative estimate of drug-likeness (QED) is 0.527. The molecule has 154 valence electrons. The third-order valence-electron chi connectivity index (χ3n) is 4.04. The monoisotopic (exact) mass is 408 g/mol. The number of nitrogens with one attached hydrogen (secondary N) is 2. The third kappa shape index (κ3) is 6.94. The molecule has 0 atom stereocenters. The highest BCUT2D eigenvalue weighted by Crippen LogP contribution is 2.19. The number of benzene rings is 3. The maximum absolute atomic E-state index is 12.8. The molecule has 7 heteroatoms. The second kappa shape index (κ2) is 10.6. The highest BCUT2D eigenvalue weighted by Gasteiger charge is 2.09. The molecule has 3 rings (SSSR count). The van der Waals surface area contributed by atoms with Crippen molar-refractivity contribution in [3.05, 3.63) is 90.2 Å². The van der Waals surface area contributed by atoms with Crippen molar-refractivity contribution in [1.29, 1.82) is 0 Å². The minimum Gasteiger partial charge on any atom is -0.482 e. The van der Waals surface area contributed by atoms with E-state index in [9.17, 15) is 14.0 Å². The number of hydrogen-bond acceptors (Lipinski definition) is 5. The Kier molecular flexibility index (Phi) is 7.38. The predicted octanol–water partition coefficient (Wildman–Crippen LogP) is 3.81. The summed E-state index contributed by atoms with van der Waals surface area (Å²) in [6, 6.07) is 22.6. The van der Waals surface area contributed by atoms with Gasteiger partial charge in [0.15, 0.2) is 13.2 Å². The first-order valence-electron chi connectivity index (χ1n) is 9.30. The maximum Gasteiger partial charge on any atom is 0.344 e. The van der Waals surface area contributed by atoms with Gasteiger partial charge in [0, 0.05) is 17.9 Å². The molecule has 0 saturated carbocycles. The Labute approximate surface area is 173 Å². The Morgan fingerprint density at radius 2 is 1.47 bits per heavy atom. The van der Waals surface area contributed by atoms with Crippen molar-refractivity contribution in [2.45, 2.75) is 6.54 Å². The van der Waals surface area contributed by atoms with Crippen LogP contribution >= 0.6 is 0 Å². The van der Waals surface area contributed by atoms with Crippen LogP contribution in [-0.2, 0) is 20.9 Å². The minimum absolute atomic E-state index is 0.219. The van der Waals surface area contributed by atoms with E-state index in [4.69, 9.17) is 9.47 Å². The molecule has 1 amide bonds. The summed E-state index contributed by atoms with van der Waals surface area (Å²) in [6.07, 6.45) is 0. The summed E-state index contributed by atoms with van der Waals surface area (Å²) in [7, 11) is 0. The summed E-state index contributed by atoms with van der Waals surface area (Å²) in [4.78, 5) is 23.5. The molecule has 0 saturated heterocycles. The molecule has 0 radical (unpaired) electrons. The van der Waals surface area contributed by atoms with Crippen LogP contribution in [0.2, 0.25) is 0 Å². The summed E-state index contributed by atoms with van der Waals surface area (Å²) in [6.45, 7) is -0.503. The van der Waals surface area contributed by atoms with Gasteiger partial charge in [-0.1, -0.05) is 30.3 Å². The number of hydrogen-bond donors (Lipinski definition) is 2. The van der Waals surface area contributed by atoms with E-state index in [1.165, 1.54) is 12.1 Å². The Hall–Kier alpha value is -3.87.